The second-order valence-corrected chi connectivity index (χ2v) is 5.38. The summed E-state index contributed by atoms with van der Waals surface area (Å²) in [6.07, 6.45) is 5.01. The van der Waals surface area contributed by atoms with Crippen LogP contribution in [0.2, 0.25) is 0 Å². The smallest absolute Gasteiger partial charge is 0.311 e. The highest BCUT2D eigenvalue weighted by Gasteiger charge is 2.23. The number of nitrogens with one attached hydrogen (secondary N) is 1. The van der Waals surface area contributed by atoms with Gasteiger partial charge in [0, 0.05) is 31.7 Å². The lowest BCUT2D eigenvalue weighted by Crippen LogP contribution is -2.18. The van der Waals surface area contributed by atoms with Crippen molar-refractivity contribution < 1.29 is 9.66 Å². The first-order chi connectivity index (χ1) is 12.1. The summed E-state index contributed by atoms with van der Waals surface area (Å²) in [5, 5.41) is 14.4. The van der Waals surface area contributed by atoms with Crippen molar-refractivity contribution in [1.29, 1.82) is 0 Å². The van der Waals surface area contributed by atoms with Crippen LogP contribution in [0.15, 0.2) is 55.0 Å². The standard InChI is InChI=1S/C17H17N5O3/c1-21-11-10-19-17(21)15(12-5-7-13(25-2)8-6-12)20-16-14(22(23)24)4-3-9-18-16/h3-11,15H,1-2H3,(H,18,20). The predicted octanol–water partition coefficient (Wildman–Crippen LogP) is 2.93. The Bertz CT molecular complexity index is 876. The molecule has 0 aliphatic carbocycles. The van der Waals surface area contributed by atoms with E-state index in [1.807, 2.05) is 42.1 Å². The minimum atomic E-state index is -0.459. The lowest BCUT2D eigenvalue weighted by molar-refractivity contribution is -0.384. The predicted molar refractivity (Wildman–Crippen MR) is 92.6 cm³/mol. The summed E-state index contributed by atoms with van der Waals surface area (Å²) in [7, 11) is 3.47. The van der Waals surface area contributed by atoms with Crippen molar-refractivity contribution in [1.82, 2.24) is 14.5 Å². The van der Waals surface area contributed by atoms with E-state index < -0.39 is 11.0 Å². The molecule has 0 saturated heterocycles. The largest absolute Gasteiger partial charge is 0.497 e. The molecule has 25 heavy (non-hydrogen) atoms. The van der Waals surface area contributed by atoms with Crippen LogP contribution in [0.1, 0.15) is 17.4 Å². The molecule has 1 N–H and O–H groups in total. The highest BCUT2D eigenvalue weighted by Crippen LogP contribution is 2.30. The molecule has 0 aliphatic heterocycles. The van der Waals surface area contributed by atoms with Gasteiger partial charge in [0.1, 0.15) is 17.6 Å². The maximum absolute atomic E-state index is 11.3. The zero-order chi connectivity index (χ0) is 17.8. The Balaban J connectivity index is 2.03. The average molecular weight is 339 g/mol. The Morgan fingerprint density at radius 3 is 2.56 bits per heavy atom. The van der Waals surface area contributed by atoms with Gasteiger partial charge in [0.15, 0.2) is 0 Å². The minimum absolute atomic E-state index is 0.0878. The number of ether oxygens (including phenoxy) is 1. The van der Waals surface area contributed by atoms with E-state index in [0.717, 1.165) is 11.3 Å². The van der Waals surface area contributed by atoms with Crippen LogP contribution in [-0.2, 0) is 7.05 Å². The number of aromatic nitrogens is 3. The number of aryl methyl sites for hydroxylation is 1. The van der Waals surface area contributed by atoms with Crippen molar-refractivity contribution >= 4 is 11.5 Å². The maximum Gasteiger partial charge on any atom is 0.311 e. The van der Waals surface area contributed by atoms with Gasteiger partial charge in [-0.25, -0.2) is 9.97 Å². The number of benzene rings is 1. The van der Waals surface area contributed by atoms with Gasteiger partial charge >= 0.3 is 5.69 Å². The summed E-state index contributed by atoms with van der Waals surface area (Å²) in [5.41, 5.74) is 0.797. The summed E-state index contributed by atoms with van der Waals surface area (Å²) in [4.78, 5) is 19.3. The third-order valence-corrected chi connectivity index (χ3v) is 3.83. The SMILES string of the molecule is COc1ccc(C(Nc2ncccc2[N+](=O)[O-])c2nccn2C)cc1. The van der Waals surface area contributed by atoms with E-state index in [-0.39, 0.29) is 11.5 Å². The van der Waals surface area contributed by atoms with Crippen molar-refractivity contribution in [3.8, 4) is 5.75 Å². The summed E-state index contributed by atoms with van der Waals surface area (Å²) in [5.74, 6) is 1.63. The van der Waals surface area contributed by atoms with Crippen LogP contribution in [-0.4, -0.2) is 26.6 Å². The number of imidazole rings is 1. The number of hydrogen-bond donors (Lipinski definition) is 1. The summed E-state index contributed by atoms with van der Waals surface area (Å²) >= 11 is 0. The summed E-state index contributed by atoms with van der Waals surface area (Å²) < 4.78 is 7.05. The number of anilines is 1. The highest BCUT2D eigenvalue weighted by atomic mass is 16.6. The van der Waals surface area contributed by atoms with Crippen LogP contribution >= 0.6 is 0 Å². The van der Waals surface area contributed by atoms with Crippen LogP contribution in [0, 0.1) is 10.1 Å². The van der Waals surface area contributed by atoms with Gasteiger partial charge < -0.3 is 14.6 Å². The zero-order valence-electron chi connectivity index (χ0n) is 13.8. The molecule has 0 bridgehead atoms. The maximum atomic E-state index is 11.3. The molecule has 1 aromatic carbocycles. The highest BCUT2D eigenvalue weighted by molar-refractivity contribution is 5.57. The summed E-state index contributed by atoms with van der Waals surface area (Å²) in [6.45, 7) is 0. The number of hydrogen-bond acceptors (Lipinski definition) is 6. The van der Waals surface area contributed by atoms with Crippen molar-refractivity contribution in [3.05, 3.63) is 76.5 Å². The molecule has 0 saturated carbocycles. The monoisotopic (exact) mass is 339 g/mol. The van der Waals surface area contributed by atoms with E-state index in [2.05, 4.69) is 15.3 Å². The van der Waals surface area contributed by atoms with Crippen LogP contribution in [0.5, 0.6) is 5.75 Å². The quantitative estimate of drug-likeness (QED) is 0.548. The number of nitro groups is 1. The molecular weight excluding hydrogens is 322 g/mol. The third-order valence-electron chi connectivity index (χ3n) is 3.83. The fraction of sp³-hybridized carbons (Fsp3) is 0.176. The molecule has 0 spiro atoms. The molecule has 0 radical (unpaired) electrons. The van der Waals surface area contributed by atoms with E-state index in [1.54, 1.807) is 13.3 Å². The van der Waals surface area contributed by atoms with Crippen LogP contribution in [0.25, 0.3) is 0 Å². The molecular formula is C17H17N5O3. The molecule has 128 valence electrons. The van der Waals surface area contributed by atoms with Crippen LogP contribution in [0.3, 0.4) is 0 Å². The Morgan fingerprint density at radius 2 is 1.96 bits per heavy atom. The molecule has 1 atom stereocenters. The van der Waals surface area contributed by atoms with Crippen molar-refractivity contribution in [2.45, 2.75) is 6.04 Å². The van der Waals surface area contributed by atoms with Gasteiger partial charge in [-0.3, -0.25) is 10.1 Å². The molecule has 0 amide bonds. The number of methoxy groups -OCH3 is 1. The number of pyridine rings is 1. The molecule has 0 fully saturated rings. The molecule has 1 unspecified atom stereocenters. The van der Waals surface area contributed by atoms with Crippen LogP contribution < -0.4 is 10.1 Å². The first-order valence-electron chi connectivity index (χ1n) is 7.57. The van der Waals surface area contributed by atoms with Gasteiger partial charge in [-0.1, -0.05) is 12.1 Å². The Morgan fingerprint density at radius 1 is 1.20 bits per heavy atom. The van der Waals surface area contributed by atoms with E-state index >= 15 is 0 Å². The lowest BCUT2D eigenvalue weighted by Gasteiger charge is -2.19. The molecule has 3 aromatic rings. The molecule has 8 nitrogen and oxygen atoms in total. The normalized spacial score (nSPS) is 11.8. The van der Waals surface area contributed by atoms with Gasteiger partial charge in [-0.15, -0.1) is 0 Å². The van der Waals surface area contributed by atoms with E-state index in [1.165, 1.54) is 18.3 Å². The van der Waals surface area contributed by atoms with Gasteiger partial charge in [0.05, 0.1) is 12.0 Å². The van der Waals surface area contributed by atoms with Crippen molar-refractivity contribution in [2.75, 3.05) is 12.4 Å². The first kappa shape index (κ1) is 16.4. The minimum Gasteiger partial charge on any atom is -0.497 e. The second kappa shape index (κ2) is 7.00. The first-order valence-corrected chi connectivity index (χ1v) is 7.57. The van der Waals surface area contributed by atoms with Gasteiger partial charge in [-0.05, 0) is 23.8 Å². The van der Waals surface area contributed by atoms with Gasteiger partial charge in [0.2, 0.25) is 5.82 Å². The Labute approximate surface area is 144 Å². The third kappa shape index (κ3) is 3.42. The van der Waals surface area contributed by atoms with Gasteiger partial charge in [0.25, 0.3) is 0 Å². The molecule has 2 heterocycles. The van der Waals surface area contributed by atoms with E-state index in [9.17, 15) is 10.1 Å². The van der Waals surface area contributed by atoms with Gasteiger partial charge in [-0.2, -0.15) is 0 Å². The molecule has 8 heteroatoms. The number of rotatable bonds is 6. The van der Waals surface area contributed by atoms with E-state index in [0.29, 0.717) is 5.82 Å². The fourth-order valence-corrected chi connectivity index (χ4v) is 2.54. The molecule has 3 rings (SSSR count). The Hall–Kier alpha value is -3.42. The average Bonchev–Trinajstić information content (AvgIpc) is 3.06. The topological polar surface area (TPSA) is 95.1 Å². The lowest BCUT2D eigenvalue weighted by atomic mass is 10.1. The van der Waals surface area contributed by atoms with Crippen molar-refractivity contribution in [2.24, 2.45) is 7.05 Å². The van der Waals surface area contributed by atoms with Crippen LogP contribution in [0.4, 0.5) is 11.5 Å². The van der Waals surface area contributed by atoms with E-state index in [4.69, 9.17) is 4.74 Å². The zero-order valence-corrected chi connectivity index (χ0v) is 13.8. The number of nitrogens with zero attached hydrogens (tertiary/aromatic N) is 4. The van der Waals surface area contributed by atoms with Crippen molar-refractivity contribution in [3.63, 3.8) is 0 Å². The molecule has 0 aliphatic rings. The molecule has 2 aromatic heterocycles. The summed E-state index contributed by atoms with van der Waals surface area (Å²) in [6, 6.07) is 9.99. The fourth-order valence-electron chi connectivity index (χ4n) is 2.54. The second-order valence-electron chi connectivity index (χ2n) is 5.38. The Kier molecular flexibility index (Phi) is 4.60.